The topological polar surface area (TPSA) is 189 Å². The molecule has 13 nitrogen and oxygen atoms in total. The van der Waals surface area contributed by atoms with Crippen LogP contribution in [0.1, 0.15) is 19.1 Å². The summed E-state index contributed by atoms with van der Waals surface area (Å²) in [6.45, 7) is 2.24. The Balaban J connectivity index is 1.71. The molecule has 0 spiro atoms. The van der Waals surface area contributed by atoms with E-state index >= 15 is 0 Å². The quantitative estimate of drug-likeness (QED) is 0.254. The molecule has 0 aliphatic carbocycles. The number of ether oxygens (including phenoxy) is 1. The van der Waals surface area contributed by atoms with Gasteiger partial charge < -0.3 is 41.3 Å². The van der Waals surface area contributed by atoms with Gasteiger partial charge in [-0.15, -0.1) is 0 Å². The Labute approximate surface area is 185 Å². The second kappa shape index (κ2) is 10.5. The van der Waals surface area contributed by atoms with Crippen molar-refractivity contribution in [2.45, 2.75) is 43.4 Å². The van der Waals surface area contributed by atoms with Crippen LogP contribution in [0.25, 0.3) is 11.2 Å². The van der Waals surface area contributed by atoms with E-state index in [9.17, 15) is 15.0 Å². The second-order valence-corrected chi connectivity index (χ2v) is 8.32. The van der Waals surface area contributed by atoms with E-state index in [0.29, 0.717) is 30.8 Å². The van der Waals surface area contributed by atoms with Crippen molar-refractivity contribution in [1.29, 1.82) is 0 Å². The molecule has 2 aromatic rings. The SMILES string of the molecule is CN(C)CCCN(CC[C@H](N)C(=O)O)C[C@H]1O[C@@H](n2cnc3c(N)ncnc32)[C@@H](O)C1O. The van der Waals surface area contributed by atoms with Gasteiger partial charge in [-0.2, -0.15) is 0 Å². The van der Waals surface area contributed by atoms with Crippen LogP contribution >= 0.6 is 0 Å². The summed E-state index contributed by atoms with van der Waals surface area (Å²) in [6, 6.07) is -0.971. The molecule has 0 aromatic carbocycles. The Morgan fingerprint density at radius 2 is 1.97 bits per heavy atom. The number of nitrogen functional groups attached to an aromatic ring is 1. The van der Waals surface area contributed by atoms with Gasteiger partial charge in [0, 0.05) is 13.1 Å². The third-order valence-electron chi connectivity index (χ3n) is 5.59. The van der Waals surface area contributed by atoms with Crippen LogP contribution in [0, 0.1) is 0 Å². The highest BCUT2D eigenvalue weighted by Crippen LogP contribution is 2.32. The van der Waals surface area contributed by atoms with Gasteiger partial charge in [0.25, 0.3) is 0 Å². The van der Waals surface area contributed by atoms with Crippen molar-refractivity contribution >= 4 is 23.0 Å². The normalized spacial score (nSPS) is 24.6. The number of imidazole rings is 1. The molecule has 0 amide bonds. The fraction of sp³-hybridized carbons (Fsp3) is 0.684. The first kappa shape index (κ1) is 24.2. The van der Waals surface area contributed by atoms with Gasteiger partial charge >= 0.3 is 5.97 Å². The molecule has 1 unspecified atom stereocenters. The zero-order valence-electron chi connectivity index (χ0n) is 18.3. The lowest BCUT2D eigenvalue weighted by molar-refractivity contribution is -0.138. The van der Waals surface area contributed by atoms with Gasteiger partial charge in [-0.25, -0.2) is 15.0 Å². The lowest BCUT2D eigenvalue weighted by Crippen LogP contribution is -2.43. The molecule has 0 saturated carbocycles. The lowest BCUT2D eigenvalue weighted by atomic mass is 10.1. The highest BCUT2D eigenvalue weighted by atomic mass is 16.6. The van der Waals surface area contributed by atoms with Gasteiger partial charge in [-0.3, -0.25) is 9.36 Å². The fourth-order valence-electron chi connectivity index (χ4n) is 3.77. The molecule has 13 heteroatoms. The summed E-state index contributed by atoms with van der Waals surface area (Å²) in [6.07, 6.45) is -0.130. The molecule has 0 bridgehead atoms. The minimum atomic E-state index is -1.21. The number of carboxylic acid groups (broad SMARTS) is 1. The largest absolute Gasteiger partial charge is 0.480 e. The Kier molecular flexibility index (Phi) is 7.92. The molecule has 3 rings (SSSR count). The first-order valence-corrected chi connectivity index (χ1v) is 10.5. The fourth-order valence-corrected chi connectivity index (χ4v) is 3.77. The van der Waals surface area contributed by atoms with Crippen LogP contribution in [0.4, 0.5) is 5.82 Å². The Morgan fingerprint density at radius 3 is 2.66 bits per heavy atom. The Hall–Kier alpha value is -2.42. The van der Waals surface area contributed by atoms with Crippen LogP contribution in [0.3, 0.4) is 0 Å². The van der Waals surface area contributed by atoms with Crippen LogP contribution in [-0.2, 0) is 9.53 Å². The highest BCUT2D eigenvalue weighted by Gasteiger charge is 2.44. The smallest absolute Gasteiger partial charge is 0.320 e. The van der Waals surface area contributed by atoms with Crippen LogP contribution in [0.5, 0.6) is 0 Å². The first-order chi connectivity index (χ1) is 15.2. The van der Waals surface area contributed by atoms with E-state index in [4.69, 9.17) is 21.3 Å². The molecule has 178 valence electrons. The van der Waals surface area contributed by atoms with E-state index in [1.54, 1.807) is 0 Å². The van der Waals surface area contributed by atoms with E-state index < -0.39 is 36.6 Å². The van der Waals surface area contributed by atoms with Crippen LogP contribution < -0.4 is 11.5 Å². The predicted octanol–water partition coefficient (Wildman–Crippen LogP) is -1.92. The molecular weight excluding hydrogens is 420 g/mol. The molecule has 2 aromatic heterocycles. The molecule has 1 fully saturated rings. The van der Waals surface area contributed by atoms with Crippen molar-refractivity contribution in [3.63, 3.8) is 0 Å². The number of aliphatic hydroxyl groups is 2. The second-order valence-electron chi connectivity index (χ2n) is 8.32. The summed E-state index contributed by atoms with van der Waals surface area (Å²) < 4.78 is 7.54. The Bertz CT molecular complexity index is 909. The third-order valence-corrected chi connectivity index (χ3v) is 5.59. The van der Waals surface area contributed by atoms with Crippen LogP contribution in [0.15, 0.2) is 12.7 Å². The number of rotatable bonds is 11. The van der Waals surface area contributed by atoms with Gasteiger partial charge in [0.05, 0.1) is 6.33 Å². The molecule has 1 aliphatic heterocycles. The summed E-state index contributed by atoms with van der Waals surface area (Å²) in [4.78, 5) is 27.4. The number of fused-ring (bicyclic) bond motifs is 1. The number of nitrogens with zero attached hydrogens (tertiary/aromatic N) is 6. The monoisotopic (exact) mass is 452 g/mol. The zero-order chi connectivity index (χ0) is 23.4. The van der Waals surface area contributed by atoms with Crippen molar-refractivity contribution < 1.29 is 24.9 Å². The summed E-state index contributed by atoms with van der Waals surface area (Å²) in [7, 11) is 3.95. The van der Waals surface area contributed by atoms with E-state index in [-0.39, 0.29) is 12.2 Å². The Morgan fingerprint density at radius 1 is 1.22 bits per heavy atom. The first-order valence-electron chi connectivity index (χ1n) is 10.5. The van der Waals surface area contributed by atoms with E-state index in [1.165, 1.54) is 17.2 Å². The maximum Gasteiger partial charge on any atom is 0.320 e. The van der Waals surface area contributed by atoms with Gasteiger partial charge in [-0.1, -0.05) is 0 Å². The van der Waals surface area contributed by atoms with Crippen LogP contribution in [-0.4, -0.2) is 115 Å². The minimum Gasteiger partial charge on any atom is -0.480 e. The molecule has 5 atom stereocenters. The molecule has 7 N–H and O–H groups in total. The van der Waals surface area contributed by atoms with E-state index in [2.05, 4.69) is 19.9 Å². The molecule has 0 radical (unpaired) electrons. The van der Waals surface area contributed by atoms with Crippen molar-refractivity contribution in [2.75, 3.05) is 46.0 Å². The number of aliphatic carboxylic acids is 1. The number of carboxylic acids is 1. The van der Waals surface area contributed by atoms with Crippen molar-refractivity contribution in [3.05, 3.63) is 12.7 Å². The summed E-state index contributed by atoms with van der Waals surface area (Å²) in [5.41, 5.74) is 12.3. The number of carbonyl (C=O) groups is 1. The number of aliphatic hydroxyl groups excluding tert-OH is 2. The number of aromatic nitrogens is 4. The average Bonchev–Trinajstić information content (AvgIpc) is 3.28. The molecule has 32 heavy (non-hydrogen) atoms. The third kappa shape index (κ3) is 5.49. The average molecular weight is 453 g/mol. The summed E-state index contributed by atoms with van der Waals surface area (Å²) >= 11 is 0. The van der Waals surface area contributed by atoms with E-state index in [1.807, 2.05) is 19.0 Å². The molecule has 1 aliphatic rings. The van der Waals surface area contributed by atoms with Gasteiger partial charge in [0.2, 0.25) is 0 Å². The van der Waals surface area contributed by atoms with Gasteiger partial charge in [0.1, 0.15) is 36.2 Å². The predicted molar refractivity (Wildman–Crippen MR) is 115 cm³/mol. The molecule has 1 saturated heterocycles. The maximum absolute atomic E-state index is 11.1. The summed E-state index contributed by atoms with van der Waals surface area (Å²) in [5.74, 6) is -0.848. The van der Waals surface area contributed by atoms with Crippen LogP contribution in [0.2, 0.25) is 0 Å². The molecular formula is C19H32N8O5. The van der Waals surface area contributed by atoms with E-state index in [0.717, 1.165) is 13.0 Å². The summed E-state index contributed by atoms with van der Waals surface area (Å²) in [5, 5.41) is 30.4. The minimum absolute atomic E-state index is 0.208. The molecule has 3 heterocycles. The van der Waals surface area contributed by atoms with Crippen molar-refractivity contribution in [3.8, 4) is 0 Å². The van der Waals surface area contributed by atoms with Crippen molar-refractivity contribution in [2.24, 2.45) is 5.73 Å². The van der Waals surface area contributed by atoms with Gasteiger partial charge in [-0.05, 0) is 40.0 Å². The number of nitrogens with two attached hydrogens (primary N) is 2. The number of hydrogen-bond donors (Lipinski definition) is 5. The maximum atomic E-state index is 11.1. The zero-order valence-corrected chi connectivity index (χ0v) is 18.3. The number of anilines is 1. The lowest BCUT2D eigenvalue weighted by Gasteiger charge is -2.27. The number of hydrogen-bond acceptors (Lipinski definition) is 11. The highest BCUT2D eigenvalue weighted by molar-refractivity contribution is 5.81. The standard InChI is InChI=1S/C19H32N8O5/c1-25(2)5-3-6-26(7-4-11(20)19(30)31)8-12-14(28)15(29)18(32-12)27-10-24-13-16(21)22-9-23-17(13)27/h9-12,14-15,18,28-29H,3-8,20H2,1-2H3,(H,30,31)(H2,21,22,23)/t11-,12+,14?,15-,18+/m0/s1. The van der Waals surface area contributed by atoms with Crippen molar-refractivity contribution in [1.82, 2.24) is 29.3 Å². The van der Waals surface area contributed by atoms with Gasteiger partial charge in [0.15, 0.2) is 17.7 Å².